The Morgan fingerprint density at radius 1 is 1.28 bits per heavy atom. The highest BCUT2D eigenvalue weighted by atomic mass is 32.3. The minimum Gasteiger partial charge on any atom is -0.340 e. The van der Waals surface area contributed by atoms with Gasteiger partial charge in [0.05, 0.1) is 0 Å². The average Bonchev–Trinajstić information content (AvgIpc) is 2.69. The van der Waals surface area contributed by atoms with Crippen LogP contribution >= 0.6 is 0 Å². The number of halogens is 1. The van der Waals surface area contributed by atoms with Crippen LogP contribution < -0.4 is 5.32 Å². The summed E-state index contributed by atoms with van der Waals surface area (Å²) in [5.41, 5.74) is 0. The summed E-state index contributed by atoms with van der Waals surface area (Å²) in [4.78, 5) is 15.2. The number of nitrogens with zero attached hydrogens (tertiary/aromatic N) is 2. The molecule has 0 spiro atoms. The Hall–Kier alpha value is -0.730. The first-order valence-corrected chi connectivity index (χ1v) is 7.56. The van der Waals surface area contributed by atoms with Gasteiger partial charge in [-0.2, -0.15) is 8.42 Å². The Kier molecular flexibility index (Phi) is 4.18. The molecule has 2 aliphatic heterocycles. The van der Waals surface area contributed by atoms with Crippen molar-refractivity contribution < 1.29 is 17.1 Å². The Bertz CT molecular complexity index is 409. The standard InChI is InChI=1S/C10H18FN3O3S/c11-18(16,17)9-7-10(15)14(8-9)6-5-13-3-1-12-2-4-13/h9,12H,1-8H2. The predicted molar refractivity (Wildman–Crippen MR) is 64.3 cm³/mol. The zero-order valence-corrected chi connectivity index (χ0v) is 11.0. The second-order valence-electron chi connectivity index (χ2n) is 4.73. The minimum atomic E-state index is -4.60. The van der Waals surface area contributed by atoms with Crippen LogP contribution in [0.3, 0.4) is 0 Å². The van der Waals surface area contributed by atoms with Crippen LogP contribution in [-0.4, -0.2) is 75.2 Å². The molecular formula is C10H18FN3O3S. The smallest absolute Gasteiger partial charge is 0.307 e. The van der Waals surface area contributed by atoms with Crippen molar-refractivity contribution in [1.82, 2.24) is 15.1 Å². The quantitative estimate of drug-likeness (QED) is 0.654. The lowest BCUT2D eigenvalue weighted by Crippen LogP contribution is -2.46. The van der Waals surface area contributed by atoms with E-state index in [1.807, 2.05) is 0 Å². The molecule has 0 aromatic heterocycles. The van der Waals surface area contributed by atoms with Crippen molar-refractivity contribution >= 4 is 16.1 Å². The lowest BCUT2D eigenvalue weighted by Gasteiger charge is -2.29. The average molecular weight is 279 g/mol. The predicted octanol–water partition coefficient (Wildman–Crippen LogP) is -1.21. The lowest BCUT2D eigenvalue weighted by molar-refractivity contribution is -0.127. The summed E-state index contributed by atoms with van der Waals surface area (Å²) in [5.74, 6) is -0.267. The van der Waals surface area contributed by atoms with Crippen molar-refractivity contribution in [1.29, 1.82) is 0 Å². The van der Waals surface area contributed by atoms with E-state index in [1.54, 1.807) is 0 Å². The summed E-state index contributed by atoms with van der Waals surface area (Å²) in [7, 11) is -4.60. The van der Waals surface area contributed by atoms with Gasteiger partial charge in [-0.05, 0) is 0 Å². The van der Waals surface area contributed by atoms with Gasteiger partial charge in [-0.25, -0.2) is 0 Å². The molecule has 1 unspecified atom stereocenters. The molecule has 0 radical (unpaired) electrons. The van der Waals surface area contributed by atoms with E-state index in [1.165, 1.54) is 4.90 Å². The van der Waals surface area contributed by atoms with Crippen molar-refractivity contribution in [3.8, 4) is 0 Å². The first-order chi connectivity index (χ1) is 8.47. The number of carbonyl (C=O) groups is 1. The van der Waals surface area contributed by atoms with Crippen molar-refractivity contribution in [3.05, 3.63) is 0 Å². The fourth-order valence-corrected chi connectivity index (χ4v) is 3.04. The molecule has 104 valence electrons. The third-order valence-electron chi connectivity index (χ3n) is 3.47. The van der Waals surface area contributed by atoms with E-state index < -0.39 is 15.5 Å². The van der Waals surface area contributed by atoms with Gasteiger partial charge in [-0.3, -0.25) is 9.69 Å². The molecular weight excluding hydrogens is 261 g/mol. The highest BCUT2D eigenvalue weighted by Gasteiger charge is 2.38. The zero-order valence-electron chi connectivity index (χ0n) is 10.1. The van der Waals surface area contributed by atoms with Crippen molar-refractivity contribution in [2.24, 2.45) is 0 Å². The molecule has 1 N–H and O–H groups in total. The van der Waals surface area contributed by atoms with Crippen LogP contribution in [0.2, 0.25) is 0 Å². The van der Waals surface area contributed by atoms with Crippen LogP contribution in [0, 0.1) is 0 Å². The summed E-state index contributed by atoms with van der Waals surface area (Å²) in [6.45, 7) is 4.88. The molecule has 2 heterocycles. The largest absolute Gasteiger partial charge is 0.340 e. The summed E-state index contributed by atoms with van der Waals surface area (Å²) < 4.78 is 34.3. The number of hydrogen-bond donors (Lipinski definition) is 1. The molecule has 0 aromatic carbocycles. The maximum atomic E-state index is 12.8. The molecule has 6 nitrogen and oxygen atoms in total. The van der Waals surface area contributed by atoms with Crippen LogP contribution in [0.1, 0.15) is 6.42 Å². The SMILES string of the molecule is O=C1CC(S(=O)(=O)F)CN1CCN1CCNCC1. The number of amides is 1. The number of nitrogens with one attached hydrogen (secondary N) is 1. The van der Waals surface area contributed by atoms with Crippen LogP contribution in [0.15, 0.2) is 0 Å². The van der Waals surface area contributed by atoms with Gasteiger partial charge >= 0.3 is 10.2 Å². The van der Waals surface area contributed by atoms with Gasteiger partial charge in [-0.1, -0.05) is 0 Å². The normalized spacial score (nSPS) is 26.8. The van der Waals surface area contributed by atoms with E-state index in [2.05, 4.69) is 10.2 Å². The third-order valence-corrected chi connectivity index (χ3v) is 4.58. The number of rotatable bonds is 4. The van der Waals surface area contributed by atoms with Crippen LogP contribution in [0.25, 0.3) is 0 Å². The van der Waals surface area contributed by atoms with Crippen molar-refractivity contribution in [2.75, 3.05) is 45.8 Å². The van der Waals surface area contributed by atoms with Crippen LogP contribution in [0.5, 0.6) is 0 Å². The maximum Gasteiger partial charge on any atom is 0.307 e. The fraction of sp³-hybridized carbons (Fsp3) is 0.900. The molecule has 2 fully saturated rings. The van der Waals surface area contributed by atoms with Gasteiger partial charge in [0.2, 0.25) is 5.91 Å². The van der Waals surface area contributed by atoms with E-state index in [0.29, 0.717) is 13.1 Å². The highest BCUT2D eigenvalue weighted by Crippen LogP contribution is 2.19. The molecule has 2 saturated heterocycles. The molecule has 2 rings (SSSR count). The fourth-order valence-electron chi connectivity index (χ4n) is 2.34. The summed E-state index contributed by atoms with van der Waals surface area (Å²) in [5, 5.41) is 2.05. The summed E-state index contributed by atoms with van der Waals surface area (Å²) in [6.07, 6.45) is -0.222. The van der Waals surface area contributed by atoms with E-state index in [4.69, 9.17) is 0 Å². The van der Waals surface area contributed by atoms with Gasteiger partial charge in [-0.15, -0.1) is 3.89 Å². The van der Waals surface area contributed by atoms with Crippen molar-refractivity contribution in [2.45, 2.75) is 11.7 Å². The zero-order chi connectivity index (χ0) is 13.2. The molecule has 1 atom stereocenters. The summed E-state index contributed by atoms with van der Waals surface area (Å²) >= 11 is 0. The number of piperazine rings is 1. The molecule has 18 heavy (non-hydrogen) atoms. The first-order valence-electron chi connectivity index (χ1n) is 6.11. The third kappa shape index (κ3) is 3.39. The maximum absolute atomic E-state index is 12.8. The van der Waals surface area contributed by atoms with E-state index in [9.17, 15) is 17.1 Å². The molecule has 1 amide bonds. The number of hydrogen-bond acceptors (Lipinski definition) is 5. The van der Waals surface area contributed by atoms with Gasteiger partial charge in [0.25, 0.3) is 0 Å². The Labute approximate surface area is 106 Å². The number of likely N-dealkylation sites (tertiary alicyclic amines) is 1. The first kappa shape index (κ1) is 13.7. The van der Waals surface area contributed by atoms with E-state index in [0.717, 1.165) is 26.2 Å². The molecule has 0 aromatic rings. The second-order valence-corrected chi connectivity index (χ2v) is 6.35. The highest BCUT2D eigenvalue weighted by molar-refractivity contribution is 7.87. The van der Waals surface area contributed by atoms with Crippen LogP contribution in [-0.2, 0) is 15.0 Å². The van der Waals surface area contributed by atoms with E-state index in [-0.39, 0.29) is 18.9 Å². The monoisotopic (exact) mass is 279 g/mol. The van der Waals surface area contributed by atoms with Gasteiger partial charge in [0.15, 0.2) is 0 Å². The molecule has 2 aliphatic rings. The molecule has 0 saturated carbocycles. The number of carbonyl (C=O) groups excluding carboxylic acids is 1. The second kappa shape index (κ2) is 5.50. The molecule has 0 bridgehead atoms. The Balaban J connectivity index is 1.81. The minimum absolute atomic E-state index is 0.0102. The molecule has 8 heteroatoms. The Morgan fingerprint density at radius 3 is 2.50 bits per heavy atom. The van der Waals surface area contributed by atoms with Crippen LogP contribution in [0.4, 0.5) is 3.89 Å². The lowest BCUT2D eigenvalue weighted by atomic mass is 10.3. The van der Waals surface area contributed by atoms with Crippen molar-refractivity contribution in [3.63, 3.8) is 0 Å². The summed E-state index contributed by atoms with van der Waals surface area (Å²) in [6, 6.07) is 0. The van der Waals surface area contributed by atoms with Gasteiger partial charge in [0, 0.05) is 52.2 Å². The molecule has 0 aliphatic carbocycles. The Morgan fingerprint density at radius 2 is 1.94 bits per heavy atom. The van der Waals surface area contributed by atoms with Gasteiger partial charge in [0.1, 0.15) is 5.25 Å². The topological polar surface area (TPSA) is 69.7 Å². The van der Waals surface area contributed by atoms with Gasteiger partial charge < -0.3 is 10.2 Å². The van der Waals surface area contributed by atoms with E-state index >= 15 is 0 Å².